The predicted octanol–water partition coefficient (Wildman–Crippen LogP) is 2.21. The van der Waals surface area contributed by atoms with Gasteiger partial charge in [0.2, 0.25) is 0 Å². The highest BCUT2D eigenvalue weighted by Crippen LogP contribution is 2.29. The summed E-state index contributed by atoms with van der Waals surface area (Å²) in [7, 11) is 0. The molecular formula is C12H18N2. The Morgan fingerprint density at radius 2 is 2.29 bits per heavy atom. The fourth-order valence-electron chi connectivity index (χ4n) is 1.71. The molecule has 0 radical (unpaired) electrons. The van der Waals surface area contributed by atoms with E-state index in [1.165, 1.54) is 5.57 Å². The summed E-state index contributed by atoms with van der Waals surface area (Å²) in [5.41, 5.74) is 14.7. The number of nitrogens with two attached hydrogens (primary N) is 2. The van der Waals surface area contributed by atoms with Gasteiger partial charge in [0.05, 0.1) is 0 Å². The molecule has 0 amide bonds. The average molecular weight is 190 g/mol. The lowest BCUT2D eigenvalue weighted by molar-refractivity contribution is 0.718. The van der Waals surface area contributed by atoms with Crippen molar-refractivity contribution in [3.8, 4) is 0 Å². The summed E-state index contributed by atoms with van der Waals surface area (Å²) in [4.78, 5) is 0. The third-order valence-corrected chi connectivity index (χ3v) is 2.60. The van der Waals surface area contributed by atoms with Gasteiger partial charge in [-0.15, -0.1) is 0 Å². The largest absolute Gasteiger partial charge is 0.404 e. The van der Waals surface area contributed by atoms with Crippen LogP contribution >= 0.6 is 0 Å². The first-order chi connectivity index (χ1) is 6.70. The minimum Gasteiger partial charge on any atom is -0.404 e. The SMILES string of the molecule is C/C=C/C(=C\N)C1CC=CC(N)=C1C. The Balaban J connectivity index is 2.95. The van der Waals surface area contributed by atoms with Gasteiger partial charge in [0.25, 0.3) is 0 Å². The maximum atomic E-state index is 5.86. The van der Waals surface area contributed by atoms with E-state index in [0.29, 0.717) is 5.92 Å². The van der Waals surface area contributed by atoms with E-state index in [2.05, 4.69) is 13.0 Å². The molecule has 0 heterocycles. The van der Waals surface area contributed by atoms with Gasteiger partial charge >= 0.3 is 0 Å². The molecule has 76 valence electrons. The van der Waals surface area contributed by atoms with E-state index < -0.39 is 0 Å². The van der Waals surface area contributed by atoms with Crippen molar-refractivity contribution in [3.05, 3.63) is 47.3 Å². The molecule has 1 atom stereocenters. The molecule has 2 heteroatoms. The lowest BCUT2D eigenvalue weighted by Gasteiger charge is -2.21. The third kappa shape index (κ3) is 2.08. The van der Waals surface area contributed by atoms with Gasteiger partial charge in [-0.05, 0) is 43.7 Å². The normalized spacial score (nSPS) is 23.6. The van der Waals surface area contributed by atoms with E-state index >= 15 is 0 Å². The van der Waals surface area contributed by atoms with E-state index in [1.807, 2.05) is 25.2 Å². The Morgan fingerprint density at radius 3 is 2.86 bits per heavy atom. The summed E-state index contributed by atoms with van der Waals surface area (Å²) in [5.74, 6) is 0.348. The Bertz CT molecular complexity index is 319. The van der Waals surface area contributed by atoms with Crippen LogP contribution in [-0.4, -0.2) is 0 Å². The monoisotopic (exact) mass is 190 g/mol. The van der Waals surface area contributed by atoms with Crippen LogP contribution in [-0.2, 0) is 0 Å². The zero-order valence-electron chi connectivity index (χ0n) is 8.83. The van der Waals surface area contributed by atoms with Crippen molar-refractivity contribution in [1.82, 2.24) is 0 Å². The predicted molar refractivity (Wildman–Crippen MR) is 61.2 cm³/mol. The summed E-state index contributed by atoms with van der Waals surface area (Å²) >= 11 is 0. The minimum absolute atomic E-state index is 0.348. The lowest BCUT2D eigenvalue weighted by Crippen LogP contribution is -2.13. The second-order valence-electron chi connectivity index (χ2n) is 3.50. The second kappa shape index (κ2) is 4.70. The van der Waals surface area contributed by atoms with Crippen LogP contribution < -0.4 is 11.5 Å². The van der Waals surface area contributed by atoms with Crippen LogP contribution in [0.2, 0.25) is 0 Å². The highest BCUT2D eigenvalue weighted by Gasteiger charge is 2.17. The molecule has 0 fully saturated rings. The fraction of sp³-hybridized carbons (Fsp3) is 0.333. The zero-order valence-corrected chi connectivity index (χ0v) is 8.83. The molecule has 0 aromatic carbocycles. The standard InChI is InChI=1S/C12H18N2/c1-3-5-10(8-13)11-6-4-7-12(14)9(11)2/h3-5,7-8,11H,6,13-14H2,1-2H3/b5-3+,10-8+. The van der Waals surface area contributed by atoms with E-state index in [4.69, 9.17) is 11.5 Å². The van der Waals surface area contributed by atoms with Gasteiger partial charge in [-0.3, -0.25) is 0 Å². The van der Waals surface area contributed by atoms with E-state index in [1.54, 1.807) is 6.20 Å². The molecule has 4 N–H and O–H groups in total. The number of allylic oxidation sites excluding steroid dienone is 6. The molecular weight excluding hydrogens is 172 g/mol. The van der Waals surface area contributed by atoms with E-state index in [9.17, 15) is 0 Å². The van der Waals surface area contributed by atoms with Gasteiger partial charge in [0, 0.05) is 11.6 Å². The zero-order chi connectivity index (χ0) is 10.6. The molecule has 1 aliphatic rings. The van der Waals surface area contributed by atoms with Crippen LogP contribution in [0, 0.1) is 5.92 Å². The molecule has 0 aromatic heterocycles. The lowest BCUT2D eigenvalue weighted by atomic mass is 9.85. The molecule has 0 bridgehead atoms. The smallest absolute Gasteiger partial charge is 0.0306 e. The molecule has 1 rings (SSSR count). The molecule has 0 spiro atoms. The van der Waals surface area contributed by atoms with Crippen molar-refractivity contribution in [2.45, 2.75) is 20.3 Å². The molecule has 0 aliphatic heterocycles. The van der Waals surface area contributed by atoms with Crippen LogP contribution in [0.15, 0.2) is 47.3 Å². The van der Waals surface area contributed by atoms with Crippen LogP contribution in [0.25, 0.3) is 0 Å². The van der Waals surface area contributed by atoms with Crippen LogP contribution in [0.3, 0.4) is 0 Å². The summed E-state index contributed by atoms with van der Waals surface area (Å²) in [5, 5.41) is 0. The van der Waals surface area contributed by atoms with Crippen LogP contribution in [0.1, 0.15) is 20.3 Å². The first-order valence-corrected chi connectivity index (χ1v) is 4.88. The highest BCUT2D eigenvalue weighted by atomic mass is 14.6. The van der Waals surface area contributed by atoms with Gasteiger partial charge in [0.15, 0.2) is 0 Å². The average Bonchev–Trinajstić information content (AvgIpc) is 2.19. The molecule has 1 unspecified atom stereocenters. The Kier molecular flexibility index (Phi) is 3.57. The Labute approximate surface area is 85.7 Å². The number of rotatable bonds is 2. The van der Waals surface area contributed by atoms with Crippen LogP contribution in [0.5, 0.6) is 0 Å². The molecule has 1 aliphatic carbocycles. The minimum atomic E-state index is 0.348. The summed E-state index contributed by atoms with van der Waals surface area (Å²) in [6, 6.07) is 0. The number of hydrogen-bond donors (Lipinski definition) is 2. The fourth-order valence-corrected chi connectivity index (χ4v) is 1.71. The van der Waals surface area contributed by atoms with Gasteiger partial charge in [-0.2, -0.15) is 0 Å². The molecule has 0 saturated carbocycles. The quantitative estimate of drug-likeness (QED) is 0.656. The van der Waals surface area contributed by atoms with Crippen molar-refractivity contribution in [1.29, 1.82) is 0 Å². The van der Waals surface area contributed by atoms with Crippen molar-refractivity contribution in [2.75, 3.05) is 0 Å². The van der Waals surface area contributed by atoms with Gasteiger partial charge in [0.1, 0.15) is 0 Å². The maximum Gasteiger partial charge on any atom is 0.0306 e. The van der Waals surface area contributed by atoms with Gasteiger partial charge in [-0.25, -0.2) is 0 Å². The molecule has 0 aromatic rings. The number of hydrogen-bond acceptors (Lipinski definition) is 2. The van der Waals surface area contributed by atoms with Crippen molar-refractivity contribution in [2.24, 2.45) is 17.4 Å². The van der Waals surface area contributed by atoms with Gasteiger partial charge < -0.3 is 11.5 Å². The molecule has 0 saturated heterocycles. The topological polar surface area (TPSA) is 52.0 Å². The summed E-state index contributed by atoms with van der Waals surface area (Å²) in [6.07, 6.45) is 10.8. The maximum absolute atomic E-state index is 5.86. The summed E-state index contributed by atoms with van der Waals surface area (Å²) in [6.45, 7) is 4.06. The second-order valence-corrected chi connectivity index (χ2v) is 3.50. The molecule has 14 heavy (non-hydrogen) atoms. The van der Waals surface area contributed by atoms with Crippen LogP contribution in [0.4, 0.5) is 0 Å². The first-order valence-electron chi connectivity index (χ1n) is 4.88. The Hall–Kier alpha value is -1.44. The van der Waals surface area contributed by atoms with E-state index in [0.717, 1.165) is 17.7 Å². The van der Waals surface area contributed by atoms with Crippen molar-refractivity contribution in [3.63, 3.8) is 0 Å². The van der Waals surface area contributed by atoms with E-state index in [-0.39, 0.29) is 0 Å². The van der Waals surface area contributed by atoms with Crippen molar-refractivity contribution >= 4 is 0 Å². The third-order valence-electron chi connectivity index (χ3n) is 2.60. The molecule has 2 nitrogen and oxygen atoms in total. The highest BCUT2D eigenvalue weighted by molar-refractivity contribution is 5.37. The van der Waals surface area contributed by atoms with Crippen molar-refractivity contribution < 1.29 is 0 Å². The van der Waals surface area contributed by atoms with Gasteiger partial charge in [-0.1, -0.05) is 18.2 Å². The Morgan fingerprint density at radius 1 is 1.57 bits per heavy atom. The summed E-state index contributed by atoms with van der Waals surface area (Å²) < 4.78 is 0. The first kappa shape index (κ1) is 10.6.